The minimum Gasteiger partial charge on any atom is -0.355 e. The highest BCUT2D eigenvalue weighted by Crippen LogP contribution is 2.00. The van der Waals surface area contributed by atoms with Gasteiger partial charge >= 0.3 is 0 Å². The SMILES string of the molecule is CCCSCC(=O)NCCNC(C)=O. The molecule has 0 atom stereocenters. The van der Waals surface area contributed by atoms with Gasteiger partial charge in [0.1, 0.15) is 0 Å². The molecule has 0 aliphatic rings. The Labute approximate surface area is 89.2 Å². The van der Waals surface area contributed by atoms with E-state index in [9.17, 15) is 9.59 Å². The molecule has 0 spiro atoms. The Kier molecular flexibility index (Phi) is 8.42. The molecular weight excluding hydrogens is 200 g/mol. The van der Waals surface area contributed by atoms with E-state index in [1.54, 1.807) is 11.8 Å². The van der Waals surface area contributed by atoms with Crippen molar-refractivity contribution in [1.82, 2.24) is 10.6 Å². The van der Waals surface area contributed by atoms with Crippen LogP contribution in [0.4, 0.5) is 0 Å². The molecule has 0 bridgehead atoms. The normalized spacial score (nSPS) is 9.57. The first-order valence-electron chi connectivity index (χ1n) is 4.75. The monoisotopic (exact) mass is 218 g/mol. The van der Waals surface area contributed by atoms with E-state index in [-0.39, 0.29) is 11.8 Å². The number of hydrogen-bond donors (Lipinski definition) is 2. The van der Waals surface area contributed by atoms with Crippen molar-refractivity contribution in [2.45, 2.75) is 20.3 Å². The predicted molar refractivity (Wildman–Crippen MR) is 59.3 cm³/mol. The van der Waals surface area contributed by atoms with E-state index in [4.69, 9.17) is 0 Å². The molecule has 14 heavy (non-hydrogen) atoms. The number of carbonyl (C=O) groups is 2. The van der Waals surface area contributed by atoms with E-state index >= 15 is 0 Å². The molecule has 0 aromatic carbocycles. The Hall–Kier alpha value is -0.710. The molecule has 0 radical (unpaired) electrons. The maximum absolute atomic E-state index is 11.1. The van der Waals surface area contributed by atoms with Crippen LogP contribution >= 0.6 is 11.8 Å². The molecule has 2 N–H and O–H groups in total. The molecule has 0 aliphatic heterocycles. The van der Waals surface area contributed by atoms with Crippen molar-refractivity contribution < 1.29 is 9.59 Å². The summed E-state index contributed by atoms with van der Waals surface area (Å²) in [6.07, 6.45) is 1.09. The summed E-state index contributed by atoms with van der Waals surface area (Å²) < 4.78 is 0. The van der Waals surface area contributed by atoms with Crippen molar-refractivity contribution in [1.29, 1.82) is 0 Å². The first-order chi connectivity index (χ1) is 6.66. The Balaban J connectivity index is 3.22. The molecule has 0 saturated heterocycles. The summed E-state index contributed by atoms with van der Waals surface area (Å²) in [5, 5.41) is 5.33. The highest BCUT2D eigenvalue weighted by Gasteiger charge is 1.99. The molecule has 0 rings (SSSR count). The van der Waals surface area contributed by atoms with Gasteiger partial charge in [0.15, 0.2) is 0 Å². The lowest BCUT2D eigenvalue weighted by molar-refractivity contribution is -0.120. The Morgan fingerprint density at radius 3 is 2.43 bits per heavy atom. The molecule has 0 heterocycles. The Morgan fingerprint density at radius 2 is 1.86 bits per heavy atom. The third-order valence-corrected chi connectivity index (χ3v) is 2.57. The van der Waals surface area contributed by atoms with Crippen molar-refractivity contribution in [3.63, 3.8) is 0 Å². The van der Waals surface area contributed by atoms with E-state index in [1.165, 1.54) is 6.92 Å². The zero-order valence-electron chi connectivity index (χ0n) is 8.76. The molecule has 0 saturated carbocycles. The van der Waals surface area contributed by atoms with E-state index in [2.05, 4.69) is 17.6 Å². The lowest BCUT2D eigenvalue weighted by Gasteiger charge is -2.04. The summed E-state index contributed by atoms with van der Waals surface area (Å²) in [5.41, 5.74) is 0. The second kappa shape index (κ2) is 8.87. The van der Waals surface area contributed by atoms with Crippen LogP contribution in [-0.4, -0.2) is 36.4 Å². The van der Waals surface area contributed by atoms with Crippen LogP contribution in [0.15, 0.2) is 0 Å². The van der Waals surface area contributed by atoms with Gasteiger partial charge in [0, 0.05) is 20.0 Å². The van der Waals surface area contributed by atoms with Crippen LogP contribution in [0.2, 0.25) is 0 Å². The smallest absolute Gasteiger partial charge is 0.230 e. The lowest BCUT2D eigenvalue weighted by atomic mass is 10.5. The molecule has 0 aromatic rings. The fourth-order valence-electron chi connectivity index (χ4n) is 0.801. The number of nitrogens with one attached hydrogen (secondary N) is 2. The first-order valence-corrected chi connectivity index (χ1v) is 5.91. The van der Waals surface area contributed by atoms with Crippen molar-refractivity contribution in [2.75, 3.05) is 24.6 Å². The number of hydrogen-bond acceptors (Lipinski definition) is 3. The summed E-state index contributed by atoms with van der Waals surface area (Å²) in [6, 6.07) is 0. The zero-order chi connectivity index (χ0) is 10.8. The van der Waals surface area contributed by atoms with Gasteiger partial charge in [0.05, 0.1) is 5.75 Å². The predicted octanol–water partition coefficient (Wildman–Crippen LogP) is 0.382. The van der Waals surface area contributed by atoms with Gasteiger partial charge < -0.3 is 10.6 Å². The van der Waals surface area contributed by atoms with Crippen LogP contribution in [-0.2, 0) is 9.59 Å². The maximum Gasteiger partial charge on any atom is 0.230 e. The lowest BCUT2D eigenvalue weighted by Crippen LogP contribution is -2.34. The van der Waals surface area contributed by atoms with Crippen LogP contribution in [0.5, 0.6) is 0 Å². The standard InChI is InChI=1S/C9H18N2O2S/c1-3-6-14-7-9(13)11-5-4-10-8(2)12/h3-7H2,1-2H3,(H,10,12)(H,11,13). The first kappa shape index (κ1) is 13.3. The molecule has 4 nitrogen and oxygen atoms in total. The molecule has 82 valence electrons. The number of thioether (sulfide) groups is 1. The average molecular weight is 218 g/mol. The highest BCUT2D eigenvalue weighted by molar-refractivity contribution is 7.99. The minimum absolute atomic E-state index is 0.0359. The van der Waals surface area contributed by atoms with Gasteiger partial charge in [0.25, 0.3) is 0 Å². The third-order valence-electron chi connectivity index (χ3n) is 1.40. The maximum atomic E-state index is 11.1. The van der Waals surface area contributed by atoms with Crippen LogP contribution in [0, 0.1) is 0 Å². The molecule has 0 unspecified atom stereocenters. The van der Waals surface area contributed by atoms with Gasteiger partial charge in [-0.1, -0.05) is 6.92 Å². The molecule has 0 fully saturated rings. The Morgan fingerprint density at radius 1 is 1.21 bits per heavy atom. The van der Waals surface area contributed by atoms with Crippen molar-refractivity contribution in [2.24, 2.45) is 0 Å². The van der Waals surface area contributed by atoms with Crippen LogP contribution in [0.25, 0.3) is 0 Å². The Bertz CT molecular complexity index is 186. The van der Waals surface area contributed by atoms with E-state index < -0.39 is 0 Å². The summed E-state index contributed by atoms with van der Waals surface area (Å²) in [5.74, 6) is 1.49. The van der Waals surface area contributed by atoms with Gasteiger partial charge in [-0.05, 0) is 12.2 Å². The van der Waals surface area contributed by atoms with Crippen molar-refractivity contribution >= 4 is 23.6 Å². The van der Waals surface area contributed by atoms with Gasteiger partial charge in [-0.3, -0.25) is 9.59 Å². The minimum atomic E-state index is -0.0698. The number of carbonyl (C=O) groups excluding carboxylic acids is 2. The quantitative estimate of drug-likeness (QED) is 0.607. The average Bonchev–Trinajstić information content (AvgIpc) is 2.13. The van der Waals surface area contributed by atoms with Gasteiger partial charge in [-0.25, -0.2) is 0 Å². The molecule has 0 aliphatic carbocycles. The summed E-state index contributed by atoms with van der Waals surface area (Å²) in [7, 11) is 0. The fraction of sp³-hybridized carbons (Fsp3) is 0.778. The molecule has 0 aromatic heterocycles. The van der Waals surface area contributed by atoms with E-state index in [0.717, 1.165) is 12.2 Å². The molecule has 5 heteroatoms. The molecule has 2 amide bonds. The second-order valence-electron chi connectivity index (χ2n) is 2.89. The molecular formula is C9H18N2O2S. The third kappa shape index (κ3) is 9.38. The van der Waals surface area contributed by atoms with Gasteiger partial charge in [-0.15, -0.1) is 0 Å². The number of amides is 2. The van der Waals surface area contributed by atoms with Crippen LogP contribution < -0.4 is 10.6 Å². The van der Waals surface area contributed by atoms with E-state index in [1.807, 2.05) is 0 Å². The summed E-state index contributed by atoms with van der Waals surface area (Å²) in [6.45, 7) is 4.55. The number of rotatable bonds is 7. The zero-order valence-corrected chi connectivity index (χ0v) is 9.58. The fourth-order valence-corrected chi connectivity index (χ4v) is 1.52. The largest absolute Gasteiger partial charge is 0.355 e. The van der Waals surface area contributed by atoms with Crippen LogP contribution in [0.3, 0.4) is 0 Å². The summed E-state index contributed by atoms with van der Waals surface area (Å²) in [4.78, 5) is 21.6. The van der Waals surface area contributed by atoms with Crippen LogP contribution in [0.1, 0.15) is 20.3 Å². The highest BCUT2D eigenvalue weighted by atomic mass is 32.2. The van der Waals surface area contributed by atoms with Gasteiger partial charge in [-0.2, -0.15) is 11.8 Å². The summed E-state index contributed by atoms with van der Waals surface area (Å²) >= 11 is 1.63. The van der Waals surface area contributed by atoms with E-state index in [0.29, 0.717) is 18.8 Å². The van der Waals surface area contributed by atoms with Crippen molar-refractivity contribution in [3.05, 3.63) is 0 Å². The van der Waals surface area contributed by atoms with Crippen molar-refractivity contribution in [3.8, 4) is 0 Å². The topological polar surface area (TPSA) is 58.2 Å². The second-order valence-corrected chi connectivity index (χ2v) is 3.99. The van der Waals surface area contributed by atoms with Gasteiger partial charge in [0.2, 0.25) is 11.8 Å².